The first kappa shape index (κ1) is 22.1. The van der Waals surface area contributed by atoms with Crippen LogP contribution in [0.2, 0.25) is 0 Å². The first-order valence-electron chi connectivity index (χ1n) is 9.28. The predicted octanol–water partition coefficient (Wildman–Crippen LogP) is 3.99. The van der Waals surface area contributed by atoms with Gasteiger partial charge < -0.3 is 5.32 Å². The number of carbonyl (C=O) groups is 1. The lowest BCUT2D eigenvalue weighted by molar-refractivity contribution is -0.385. The Morgan fingerprint density at radius 3 is 2.29 bits per heavy atom. The molecule has 0 heterocycles. The predicted molar refractivity (Wildman–Crippen MR) is 113 cm³/mol. The molecular weight excluding hydrogens is 423 g/mol. The van der Waals surface area contributed by atoms with Crippen molar-refractivity contribution in [1.29, 1.82) is 0 Å². The number of carbonyl (C=O) groups excluding carboxylic acids is 1. The van der Waals surface area contributed by atoms with Crippen LogP contribution < -0.4 is 5.32 Å². The Kier molecular flexibility index (Phi) is 6.45. The first-order chi connectivity index (χ1) is 14.7. The van der Waals surface area contributed by atoms with Gasteiger partial charge in [0.2, 0.25) is 0 Å². The highest BCUT2D eigenvalue weighted by atomic mass is 32.2. The highest BCUT2D eigenvalue weighted by molar-refractivity contribution is 7.91. The van der Waals surface area contributed by atoms with Crippen LogP contribution in [0.5, 0.6) is 0 Å². The molecule has 0 aliphatic heterocycles. The van der Waals surface area contributed by atoms with Crippen LogP contribution in [0.4, 0.5) is 10.1 Å². The van der Waals surface area contributed by atoms with Gasteiger partial charge in [0.15, 0.2) is 9.84 Å². The molecule has 0 bridgehead atoms. The smallest absolute Gasteiger partial charge is 0.273 e. The Morgan fingerprint density at radius 2 is 1.68 bits per heavy atom. The van der Waals surface area contributed by atoms with Crippen LogP contribution in [-0.2, 0) is 9.84 Å². The fourth-order valence-corrected chi connectivity index (χ4v) is 4.87. The molecule has 9 heteroatoms. The first-order valence-corrected chi connectivity index (χ1v) is 10.8. The lowest BCUT2D eigenvalue weighted by atomic mass is 10.1. The van der Waals surface area contributed by atoms with E-state index in [9.17, 15) is 27.7 Å². The zero-order valence-electron chi connectivity index (χ0n) is 16.5. The van der Waals surface area contributed by atoms with Gasteiger partial charge in [-0.1, -0.05) is 36.4 Å². The summed E-state index contributed by atoms with van der Waals surface area (Å²) in [5, 5.41) is 12.6. The second kappa shape index (κ2) is 9.05. The quantitative estimate of drug-likeness (QED) is 0.338. The van der Waals surface area contributed by atoms with E-state index >= 15 is 0 Å². The third kappa shape index (κ3) is 4.77. The standard InChI is InChI=1S/C22H19FN2O5S/c1-15-19(8-5-9-20(15)25(27)28)22(26)24-14-21(16-6-3-2-4-7-16)31(29,30)18-12-10-17(23)11-13-18/h2-13,21H,14H2,1H3,(H,24,26). The largest absolute Gasteiger partial charge is 0.350 e. The lowest BCUT2D eigenvalue weighted by Crippen LogP contribution is -2.32. The molecule has 160 valence electrons. The molecule has 0 radical (unpaired) electrons. The lowest BCUT2D eigenvalue weighted by Gasteiger charge is -2.19. The average molecular weight is 442 g/mol. The molecule has 0 spiro atoms. The molecule has 1 unspecified atom stereocenters. The van der Waals surface area contributed by atoms with Gasteiger partial charge >= 0.3 is 0 Å². The molecule has 7 nitrogen and oxygen atoms in total. The summed E-state index contributed by atoms with van der Waals surface area (Å²) >= 11 is 0. The van der Waals surface area contributed by atoms with Crippen LogP contribution in [0, 0.1) is 22.9 Å². The number of nitrogens with zero attached hydrogens (tertiary/aromatic N) is 1. The minimum Gasteiger partial charge on any atom is -0.350 e. The summed E-state index contributed by atoms with van der Waals surface area (Å²) < 4.78 is 39.7. The number of hydrogen-bond donors (Lipinski definition) is 1. The molecule has 1 atom stereocenters. The average Bonchev–Trinajstić information content (AvgIpc) is 2.74. The molecule has 1 N–H and O–H groups in total. The zero-order chi connectivity index (χ0) is 22.6. The number of hydrogen-bond acceptors (Lipinski definition) is 5. The van der Waals surface area contributed by atoms with Crippen molar-refractivity contribution in [2.45, 2.75) is 17.1 Å². The third-order valence-electron chi connectivity index (χ3n) is 4.88. The number of nitrogens with one attached hydrogen (secondary N) is 1. The topological polar surface area (TPSA) is 106 Å². The second-order valence-corrected chi connectivity index (χ2v) is 8.95. The van der Waals surface area contributed by atoms with Gasteiger partial charge in [0, 0.05) is 23.7 Å². The van der Waals surface area contributed by atoms with E-state index in [4.69, 9.17) is 0 Å². The van der Waals surface area contributed by atoms with Crippen molar-refractivity contribution in [2.24, 2.45) is 0 Å². The van der Waals surface area contributed by atoms with Crippen LogP contribution in [0.15, 0.2) is 77.7 Å². The molecule has 0 saturated carbocycles. The maximum atomic E-state index is 13.3. The summed E-state index contributed by atoms with van der Waals surface area (Å²) in [7, 11) is -3.97. The van der Waals surface area contributed by atoms with E-state index in [0.29, 0.717) is 5.56 Å². The third-order valence-corrected chi connectivity index (χ3v) is 7.00. The molecule has 0 fully saturated rings. The molecule has 1 amide bonds. The summed E-state index contributed by atoms with van der Waals surface area (Å²) in [6, 6.07) is 16.9. The van der Waals surface area contributed by atoms with E-state index in [0.717, 1.165) is 12.1 Å². The van der Waals surface area contributed by atoms with Crippen molar-refractivity contribution in [3.63, 3.8) is 0 Å². The molecule has 0 saturated heterocycles. The summed E-state index contributed by atoms with van der Waals surface area (Å²) in [6.07, 6.45) is 0. The monoisotopic (exact) mass is 442 g/mol. The Morgan fingerprint density at radius 1 is 1.03 bits per heavy atom. The van der Waals surface area contributed by atoms with Crippen LogP contribution in [0.1, 0.15) is 26.7 Å². The van der Waals surface area contributed by atoms with E-state index in [1.54, 1.807) is 30.3 Å². The maximum absolute atomic E-state index is 13.3. The van der Waals surface area contributed by atoms with Crippen LogP contribution in [-0.4, -0.2) is 25.8 Å². The van der Waals surface area contributed by atoms with Crippen LogP contribution in [0.3, 0.4) is 0 Å². The molecule has 0 aliphatic carbocycles. The molecule has 3 rings (SSSR count). The second-order valence-electron chi connectivity index (χ2n) is 6.82. The van der Waals surface area contributed by atoms with Crippen molar-refractivity contribution < 1.29 is 22.5 Å². The summed E-state index contributed by atoms with van der Waals surface area (Å²) in [5.74, 6) is -1.19. The number of benzene rings is 3. The van der Waals surface area contributed by atoms with Crippen LogP contribution in [0.25, 0.3) is 0 Å². The molecule has 0 aromatic heterocycles. The number of rotatable bonds is 7. The maximum Gasteiger partial charge on any atom is 0.273 e. The zero-order valence-corrected chi connectivity index (χ0v) is 17.3. The Bertz CT molecular complexity index is 1210. The fraction of sp³-hybridized carbons (Fsp3) is 0.136. The molecule has 3 aromatic rings. The fourth-order valence-electron chi connectivity index (χ4n) is 3.21. The van der Waals surface area contributed by atoms with Crippen molar-refractivity contribution >= 4 is 21.4 Å². The van der Waals surface area contributed by atoms with Crippen molar-refractivity contribution in [2.75, 3.05) is 6.54 Å². The summed E-state index contributed by atoms with van der Waals surface area (Å²) in [5.41, 5.74) is 0.511. The van der Waals surface area contributed by atoms with Crippen molar-refractivity contribution in [3.05, 3.63) is 105 Å². The highest BCUT2D eigenvalue weighted by Gasteiger charge is 2.30. The Labute approximate surface area is 178 Å². The molecule has 3 aromatic carbocycles. The molecular formula is C22H19FN2O5S. The minimum atomic E-state index is -3.97. The number of sulfone groups is 1. The van der Waals surface area contributed by atoms with Gasteiger partial charge in [-0.15, -0.1) is 0 Å². The summed E-state index contributed by atoms with van der Waals surface area (Å²) in [6.45, 7) is 1.18. The van der Waals surface area contributed by atoms with Gasteiger partial charge in [-0.2, -0.15) is 0 Å². The van der Waals surface area contributed by atoms with Gasteiger partial charge in [0.25, 0.3) is 11.6 Å². The van der Waals surface area contributed by atoms with E-state index in [2.05, 4.69) is 5.32 Å². The van der Waals surface area contributed by atoms with Gasteiger partial charge in [-0.25, -0.2) is 12.8 Å². The van der Waals surface area contributed by atoms with Crippen molar-refractivity contribution in [3.8, 4) is 0 Å². The molecule has 31 heavy (non-hydrogen) atoms. The van der Waals surface area contributed by atoms with Crippen LogP contribution >= 0.6 is 0 Å². The SMILES string of the molecule is Cc1c(C(=O)NCC(c2ccccc2)S(=O)(=O)c2ccc(F)cc2)cccc1[N+](=O)[O-]. The van der Waals surface area contributed by atoms with E-state index in [1.165, 1.54) is 37.3 Å². The van der Waals surface area contributed by atoms with E-state index in [1.807, 2.05) is 0 Å². The Hall–Kier alpha value is -3.59. The number of nitro benzene ring substituents is 1. The van der Waals surface area contributed by atoms with E-state index in [-0.39, 0.29) is 28.3 Å². The van der Waals surface area contributed by atoms with Gasteiger partial charge in [0.05, 0.1) is 9.82 Å². The van der Waals surface area contributed by atoms with E-state index < -0.39 is 31.7 Å². The number of halogens is 1. The van der Waals surface area contributed by atoms with Gasteiger partial charge in [-0.05, 0) is 42.8 Å². The van der Waals surface area contributed by atoms with Gasteiger partial charge in [0.1, 0.15) is 11.1 Å². The minimum absolute atomic E-state index is 0.0801. The number of nitro groups is 1. The summed E-state index contributed by atoms with van der Waals surface area (Å²) in [4.78, 5) is 23.2. The number of amides is 1. The highest BCUT2D eigenvalue weighted by Crippen LogP contribution is 2.29. The Balaban J connectivity index is 1.92. The van der Waals surface area contributed by atoms with Gasteiger partial charge in [-0.3, -0.25) is 14.9 Å². The van der Waals surface area contributed by atoms with Crippen molar-refractivity contribution in [1.82, 2.24) is 5.32 Å². The normalized spacial score (nSPS) is 12.2. The molecule has 0 aliphatic rings.